The minimum absolute atomic E-state index is 0.790. The highest BCUT2D eigenvalue weighted by Crippen LogP contribution is 2.35. The van der Waals surface area contributed by atoms with Gasteiger partial charge in [0.05, 0.1) is 13.2 Å². The highest BCUT2D eigenvalue weighted by Gasteiger charge is 2.22. The Labute approximate surface area is 371 Å². The average Bonchev–Trinajstić information content (AvgIpc) is 3.31. The number of aromatic nitrogens is 4. The molecular formula is C55H82N4O2. The van der Waals surface area contributed by atoms with Crippen LogP contribution in [0.5, 0.6) is 11.5 Å². The Bertz CT molecular complexity index is 1680. The molecule has 6 nitrogen and oxygen atoms in total. The zero-order valence-corrected chi connectivity index (χ0v) is 38.9. The number of rotatable bonds is 25. The van der Waals surface area contributed by atoms with Crippen molar-refractivity contribution >= 4 is 0 Å². The van der Waals surface area contributed by atoms with Crippen molar-refractivity contribution in [2.24, 2.45) is 23.7 Å². The van der Waals surface area contributed by atoms with Gasteiger partial charge >= 0.3 is 0 Å². The molecule has 2 fully saturated rings. The van der Waals surface area contributed by atoms with Crippen LogP contribution in [0.15, 0.2) is 73.3 Å². The van der Waals surface area contributed by atoms with E-state index >= 15 is 0 Å². The van der Waals surface area contributed by atoms with Gasteiger partial charge in [0.2, 0.25) is 0 Å². The number of nitrogens with zero attached hydrogens (tertiary/aromatic N) is 4. The topological polar surface area (TPSA) is 70.0 Å². The normalized spacial score (nSPS) is 18.9. The van der Waals surface area contributed by atoms with Crippen LogP contribution >= 0.6 is 0 Å². The Morgan fingerprint density at radius 1 is 0.393 bits per heavy atom. The number of hydrogen-bond acceptors (Lipinski definition) is 6. The predicted octanol–water partition coefficient (Wildman–Crippen LogP) is 15.7. The molecule has 0 unspecified atom stereocenters. The molecule has 61 heavy (non-hydrogen) atoms. The second-order valence-electron chi connectivity index (χ2n) is 18.5. The quantitative estimate of drug-likeness (QED) is 0.0620. The van der Waals surface area contributed by atoms with Crippen LogP contribution in [-0.2, 0) is 12.8 Å². The Morgan fingerprint density at radius 2 is 0.721 bits per heavy atom. The van der Waals surface area contributed by atoms with Gasteiger partial charge in [0, 0.05) is 35.9 Å². The van der Waals surface area contributed by atoms with Crippen molar-refractivity contribution in [2.45, 2.75) is 188 Å². The second kappa shape index (κ2) is 28.7. The molecule has 0 saturated heterocycles. The van der Waals surface area contributed by atoms with Gasteiger partial charge in [-0.3, -0.25) is 0 Å². The summed E-state index contributed by atoms with van der Waals surface area (Å²) >= 11 is 0. The molecule has 2 aromatic carbocycles. The van der Waals surface area contributed by atoms with Gasteiger partial charge in [-0.2, -0.15) is 0 Å². The van der Waals surface area contributed by atoms with Gasteiger partial charge < -0.3 is 9.47 Å². The summed E-state index contributed by atoms with van der Waals surface area (Å²) in [5, 5.41) is 0. The van der Waals surface area contributed by atoms with Crippen molar-refractivity contribution < 1.29 is 9.47 Å². The zero-order chi connectivity index (χ0) is 42.7. The van der Waals surface area contributed by atoms with E-state index in [9.17, 15) is 0 Å². The molecule has 0 spiro atoms. The van der Waals surface area contributed by atoms with E-state index in [0.717, 1.165) is 96.8 Å². The molecule has 6 heteroatoms. The Kier molecular flexibility index (Phi) is 22.7. The van der Waals surface area contributed by atoms with Crippen LogP contribution < -0.4 is 9.47 Å². The maximum absolute atomic E-state index is 5.80. The van der Waals surface area contributed by atoms with Gasteiger partial charge in [-0.25, -0.2) is 19.9 Å². The highest BCUT2D eigenvalue weighted by molar-refractivity contribution is 5.56. The Morgan fingerprint density at radius 3 is 1.08 bits per heavy atom. The molecule has 2 aromatic heterocycles. The summed E-state index contributed by atoms with van der Waals surface area (Å²) in [5.74, 6) is 7.24. The number of aryl methyl sites for hydroxylation is 2. The van der Waals surface area contributed by atoms with Crippen LogP contribution in [0.2, 0.25) is 0 Å². The third kappa shape index (κ3) is 18.2. The summed E-state index contributed by atoms with van der Waals surface area (Å²) in [4.78, 5) is 18.5. The van der Waals surface area contributed by atoms with E-state index in [0.29, 0.717) is 0 Å². The van der Waals surface area contributed by atoms with Crippen molar-refractivity contribution in [1.29, 1.82) is 0 Å². The van der Waals surface area contributed by atoms with Crippen molar-refractivity contribution in [1.82, 2.24) is 19.9 Å². The van der Waals surface area contributed by atoms with Gasteiger partial charge in [0.15, 0.2) is 11.6 Å². The van der Waals surface area contributed by atoms with Crippen LogP contribution in [0.4, 0.5) is 0 Å². The molecule has 4 aromatic rings. The average molecular weight is 831 g/mol. The molecule has 0 amide bonds. The van der Waals surface area contributed by atoms with Crippen molar-refractivity contribution in [2.75, 3.05) is 13.2 Å². The molecule has 2 aliphatic rings. The lowest BCUT2D eigenvalue weighted by atomic mass is 9.78. The van der Waals surface area contributed by atoms with Crippen molar-refractivity contribution in [3.05, 3.63) is 84.4 Å². The number of ether oxygens (including phenoxy) is 2. The number of benzene rings is 2. The molecule has 0 radical (unpaired) electrons. The fraction of sp³-hybridized carbons (Fsp3) is 0.636. The Hall–Kier alpha value is -3.80. The van der Waals surface area contributed by atoms with Crippen LogP contribution in [0.25, 0.3) is 22.8 Å². The summed E-state index contributed by atoms with van der Waals surface area (Å²) < 4.78 is 11.6. The van der Waals surface area contributed by atoms with E-state index in [2.05, 4.69) is 71.9 Å². The first-order chi connectivity index (χ1) is 30.1. The van der Waals surface area contributed by atoms with Crippen molar-refractivity contribution in [3.8, 4) is 34.3 Å². The van der Waals surface area contributed by atoms with Crippen LogP contribution in [-0.4, -0.2) is 33.1 Å². The van der Waals surface area contributed by atoms with Crippen molar-refractivity contribution in [3.63, 3.8) is 0 Å². The molecule has 0 bridgehead atoms. The lowest BCUT2D eigenvalue weighted by Crippen LogP contribution is -2.15. The minimum atomic E-state index is 0.790. The molecule has 6 rings (SSSR count). The first-order valence-corrected chi connectivity index (χ1v) is 25.1. The Balaban J connectivity index is 0.000000231. The molecule has 0 atom stereocenters. The van der Waals surface area contributed by atoms with Gasteiger partial charge in [-0.1, -0.05) is 150 Å². The maximum Gasteiger partial charge on any atom is 0.159 e. The lowest BCUT2D eigenvalue weighted by Gasteiger charge is -2.28. The zero-order valence-electron chi connectivity index (χ0n) is 38.9. The monoisotopic (exact) mass is 831 g/mol. The van der Waals surface area contributed by atoms with Gasteiger partial charge in [0.25, 0.3) is 0 Å². The molecule has 334 valence electrons. The number of unbranched alkanes of at least 4 members (excludes halogenated alkanes) is 7. The molecular weight excluding hydrogens is 749 g/mol. The summed E-state index contributed by atoms with van der Waals surface area (Å²) in [7, 11) is 0. The summed E-state index contributed by atoms with van der Waals surface area (Å²) in [6.07, 6.45) is 41.3. The largest absolute Gasteiger partial charge is 0.494 e. The molecule has 0 N–H and O–H groups in total. The molecule has 2 heterocycles. The van der Waals surface area contributed by atoms with Gasteiger partial charge in [-0.15, -0.1) is 0 Å². The second-order valence-corrected chi connectivity index (χ2v) is 18.5. The van der Waals surface area contributed by atoms with Crippen LogP contribution in [0.3, 0.4) is 0 Å². The van der Waals surface area contributed by atoms with E-state index in [1.54, 1.807) is 0 Å². The highest BCUT2D eigenvalue weighted by atomic mass is 16.5. The summed E-state index contributed by atoms with van der Waals surface area (Å²) in [5.41, 5.74) is 4.63. The maximum atomic E-state index is 5.80. The molecule has 0 aliphatic heterocycles. The summed E-state index contributed by atoms with van der Waals surface area (Å²) in [6, 6.07) is 16.3. The first-order valence-electron chi connectivity index (χ1n) is 25.1. The minimum Gasteiger partial charge on any atom is -0.494 e. The van der Waals surface area contributed by atoms with Crippen LogP contribution in [0.1, 0.15) is 187 Å². The van der Waals surface area contributed by atoms with E-state index in [-0.39, 0.29) is 0 Å². The molecule has 2 aliphatic carbocycles. The third-order valence-electron chi connectivity index (χ3n) is 13.5. The van der Waals surface area contributed by atoms with E-state index in [1.165, 1.54) is 146 Å². The lowest BCUT2D eigenvalue weighted by molar-refractivity contribution is 0.249. The fourth-order valence-corrected chi connectivity index (χ4v) is 9.29. The first kappa shape index (κ1) is 48.2. The fourth-order valence-electron chi connectivity index (χ4n) is 9.29. The molecule has 2 saturated carbocycles. The summed E-state index contributed by atoms with van der Waals surface area (Å²) in [6.45, 7) is 10.6. The van der Waals surface area contributed by atoms with E-state index in [1.807, 2.05) is 49.1 Å². The smallest absolute Gasteiger partial charge is 0.159 e. The predicted molar refractivity (Wildman–Crippen MR) is 256 cm³/mol. The SMILES string of the molecule is CCCCCOc1ccc(-c2ncc(CCC3CCC(CCCC)CC3)cn2)cc1.CCCCCOc1ccc(-c2ncc(CCC3CCC(CCCCC)CC3)cn2)cc1. The van der Waals surface area contributed by atoms with Gasteiger partial charge in [-0.05, 0) is 122 Å². The van der Waals surface area contributed by atoms with Crippen LogP contribution in [0, 0.1) is 23.7 Å². The van der Waals surface area contributed by atoms with Gasteiger partial charge in [0.1, 0.15) is 11.5 Å². The van der Waals surface area contributed by atoms with E-state index < -0.39 is 0 Å². The standard InChI is InChI=1S/C28H42N2O.C27H40N2O/c1-3-5-7-9-23-10-12-24(13-11-23)14-15-25-21-29-28(30-22-25)26-16-18-27(19-17-26)31-20-8-6-4-2;1-3-5-7-19-30-26-17-15-25(16-18-26)27-28-20-24(21-29-27)14-13-23-11-9-22(10-12-23)8-6-4-2/h16-19,21-24H,3-15,20H2,1-2H3;15-18,20-23H,3-14,19H2,1-2H3. The van der Waals surface area contributed by atoms with E-state index in [4.69, 9.17) is 9.47 Å². The third-order valence-corrected chi connectivity index (χ3v) is 13.5. The number of hydrogen-bond donors (Lipinski definition) is 0.